The van der Waals surface area contributed by atoms with Gasteiger partial charge in [-0.1, -0.05) is 273 Å². The standard InChI is InChI=1S/C65H58N2O3S2/c1-2-70-62(69)60(49-72-65(56-42-24-9-25-43-56,57-44-26-10-27-45-57)58-46-28-11-29-47-58)66-61(68)59(67-63(50-30-12-3-13-31-50,51-32-14-4-15-33-51)52-34-16-5-17-35-52)48-71-64(53-36-18-6-19-37-53,54-38-20-7-21-39-54)55-40-22-8-23-41-55/h3-47,59-60,67H,2,48-49H2,1H3,(H,66,68)/t59-,60-/m0/s1. The molecule has 0 fully saturated rings. The van der Waals surface area contributed by atoms with Crippen LogP contribution in [0.1, 0.15) is 57.0 Å². The van der Waals surface area contributed by atoms with Gasteiger partial charge in [-0.25, -0.2) is 4.79 Å². The molecule has 9 aromatic rings. The first kappa shape index (κ1) is 49.6. The van der Waals surface area contributed by atoms with Crippen LogP contribution in [0, 0.1) is 0 Å². The van der Waals surface area contributed by atoms with Crippen molar-refractivity contribution in [2.45, 2.75) is 34.0 Å². The van der Waals surface area contributed by atoms with Gasteiger partial charge in [0.2, 0.25) is 5.91 Å². The van der Waals surface area contributed by atoms with Crippen molar-refractivity contribution < 1.29 is 14.3 Å². The van der Waals surface area contributed by atoms with E-state index < -0.39 is 33.1 Å². The Morgan fingerprint density at radius 1 is 0.375 bits per heavy atom. The molecule has 358 valence electrons. The highest BCUT2D eigenvalue weighted by atomic mass is 32.2. The first-order chi connectivity index (χ1) is 35.5. The van der Waals surface area contributed by atoms with Crippen molar-refractivity contribution in [3.8, 4) is 0 Å². The Morgan fingerprint density at radius 3 is 0.861 bits per heavy atom. The number of amides is 1. The van der Waals surface area contributed by atoms with Crippen LogP contribution in [0.25, 0.3) is 0 Å². The fourth-order valence-corrected chi connectivity index (χ4v) is 13.0. The molecule has 1 amide bonds. The zero-order valence-corrected chi connectivity index (χ0v) is 41.9. The third-order valence-electron chi connectivity index (χ3n) is 13.2. The van der Waals surface area contributed by atoms with E-state index in [4.69, 9.17) is 4.74 Å². The lowest BCUT2D eigenvalue weighted by Gasteiger charge is -2.41. The Bertz CT molecular complexity index is 2770. The average molecular weight is 979 g/mol. The Hall–Kier alpha value is -7.42. The minimum Gasteiger partial charge on any atom is -0.464 e. The molecule has 0 heterocycles. The molecule has 9 aromatic carbocycles. The van der Waals surface area contributed by atoms with Crippen LogP contribution >= 0.6 is 23.5 Å². The van der Waals surface area contributed by atoms with E-state index in [2.05, 4.69) is 156 Å². The number of nitrogens with one attached hydrogen (secondary N) is 2. The summed E-state index contributed by atoms with van der Waals surface area (Å²) in [7, 11) is 0. The summed E-state index contributed by atoms with van der Waals surface area (Å²) in [6.45, 7) is 1.96. The molecule has 2 atom stereocenters. The van der Waals surface area contributed by atoms with Crippen LogP contribution in [0.15, 0.2) is 273 Å². The summed E-state index contributed by atoms with van der Waals surface area (Å²) in [6.07, 6.45) is 0. The van der Waals surface area contributed by atoms with Gasteiger partial charge in [0.15, 0.2) is 0 Å². The average Bonchev–Trinajstić information content (AvgIpc) is 3.46. The number of carbonyl (C=O) groups excluding carboxylic acids is 2. The van der Waals surface area contributed by atoms with Crippen LogP contribution in [-0.2, 0) is 29.4 Å². The summed E-state index contributed by atoms with van der Waals surface area (Å²) in [4.78, 5) is 30.7. The van der Waals surface area contributed by atoms with Gasteiger partial charge in [-0.15, -0.1) is 23.5 Å². The fourth-order valence-electron chi connectivity index (χ4n) is 9.90. The molecule has 0 aliphatic heterocycles. The van der Waals surface area contributed by atoms with Gasteiger partial charge < -0.3 is 10.1 Å². The SMILES string of the molecule is CCOC(=O)[C@H](CSC(c1ccccc1)(c1ccccc1)c1ccccc1)NC(=O)[C@H](CSC(c1ccccc1)(c1ccccc1)c1ccccc1)NC(c1ccccc1)(c1ccccc1)c1ccccc1. The van der Waals surface area contributed by atoms with Gasteiger partial charge in [0.05, 0.1) is 27.7 Å². The zero-order chi connectivity index (χ0) is 49.5. The molecule has 0 spiro atoms. The van der Waals surface area contributed by atoms with E-state index >= 15 is 4.79 Å². The van der Waals surface area contributed by atoms with Crippen LogP contribution in [0.4, 0.5) is 0 Å². The Labute approximate surface area is 433 Å². The van der Waals surface area contributed by atoms with Crippen LogP contribution in [0.5, 0.6) is 0 Å². The molecule has 0 unspecified atom stereocenters. The molecule has 72 heavy (non-hydrogen) atoms. The minimum absolute atomic E-state index is 0.154. The predicted octanol–water partition coefficient (Wildman–Crippen LogP) is 13.4. The van der Waals surface area contributed by atoms with Crippen molar-refractivity contribution in [2.24, 2.45) is 0 Å². The zero-order valence-electron chi connectivity index (χ0n) is 40.3. The fraction of sp³-hybridized carbons (Fsp3) is 0.138. The molecule has 0 aliphatic carbocycles. The Kier molecular flexibility index (Phi) is 16.3. The molecule has 2 N–H and O–H groups in total. The summed E-state index contributed by atoms with van der Waals surface area (Å²) >= 11 is 3.32. The van der Waals surface area contributed by atoms with Gasteiger partial charge in [0, 0.05) is 11.5 Å². The topological polar surface area (TPSA) is 67.4 Å². The minimum atomic E-state index is -1.03. The number of esters is 1. The molecule has 0 saturated carbocycles. The second-order valence-corrected chi connectivity index (χ2v) is 20.0. The molecule has 0 bridgehead atoms. The van der Waals surface area contributed by atoms with Gasteiger partial charge in [-0.2, -0.15) is 0 Å². The molecule has 0 radical (unpaired) electrons. The molecule has 0 aliphatic rings. The van der Waals surface area contributed by atoms with Crippen LogP contribution in [-0.4, -0.2) is 42.1 Å². The summed E-state index contributed by atoms with van der Waals surface area (Å²) in [5.41, 5.74) is 8.23. The lowest BCUT2D eigenvalue weighted by Crippen LogP contribution is -2.59. The number of rotatable bonds is 21. The summed E-state index contributed by atoms with van der Waals surface area (Å²) in [5, 5.41) is 7.43. The highest BCUT2D eigenvalue weighted by Gasteiger charge is 2.44. The Balaban J connectivity index is 1.19. The van der Waals surface area contributed by atoms with Crippen molar-refractivity contribution in [3.05, 3.63) is 323 Å². The summed E-state index contributed by atoms with van der Waals surface area (Å²) in [6, 6.07) is 91.8. The second-order valence-electron chi connectivity index (χ2n) is 17.5. The van der Waals surface area contributed by atoms with Gasteiger partial charge in [0.1, 0.15) is 6.04 Å². The maximum absolute atomic E-state index is 16.1. The van der Waals surface area contributed by atoms with E-state index in [1.165, 1.54) is 0 Å². The van der Waals surface area contributed by atoms with Crippen LogP contribution < -0.4 is 10.6 Å². The number of ether oxygens (including phenoxy) is 1. The smallest absolute Gasteiger partial charge is 0.329 e. The lowest BCUT2D eigenvalue weighted by atomic mass is 9.76. The van der Waals surface area contributed by atoms with Crippen LogP contribution in [0.3, 0.4) is 0 Å². The van der Waals surface area contributed by atoms with Gasteiger partial charge >= 0.3 is 5.97 Å². The maximum Gasteiger partial charge on any atom is 0.329 e. The summed E-state index contributed by atoms with van der Waals surface area (Å²) < 4.78 is 4.36. The summed E-state index contributed by atoms with van der Waals surface area (Å²) in [5.74, 6) is -0.350. The van der Waals surface area contributed by atoms with Crippen LogP contribution in [0.2, 0.25) is 0 Å². The molecule has 0 saturated heterocycles. The third kappa shape index (κ3) is 10.5. The van der Waals surface area contributed by atoms with E-state index in [-0.39, 0.29) is 24.0 Å². The number of benzene rings is 9. The first-order valence-electron chi connectivity index (χ1n) is 24.5. The van der Waals surface area contributed by atoms with Gasteiger partial charge in [-0.3, -0.25) is 10.1 Å². The predicted molar refractivity (Wildman–Crippen MR) is 298 cm³/mol. The van der Waals surface area contributed by atoms with Crippen molar-refractivity contribution in [3.63, 3.8) is 0 Å². The highest BCUT2D eigenvalue weighted by Crippen LogP contribution is 2.50. The van der Waals surface area contributed by atoms with Crippen molar-refractivity contribution in [2.75, 3.05) is 18.1 Å². The second kappa shape index (κ2) is 23.7. The lowest BCUT2D eigenvalue weighted by molar-refractivity contribution is -0.146. The van der Waals surface area contributed by atoms with Gasteiger partial charge in [-0.05, 0) is 57.0 Å². The molecule has 5 nitrogen and oxygen atoms in total. The highest BCUT2D eigenvalue weighted by molar-refractivity contribution is 8.01. The Morgan fingerprint density at radius 2 is 0.611 bits per heavy atom. The van der Waals surface area contributed by atoms with Gasteiger partial charge in [0.25, 0.3) is 0 Å². The maximum atomic E-state index is 16.1. The van der Waals surface area contributed by atoms with E-state index in [9.17, 15) is 4.79 Å². The molecular weight excluding hydrogens is 921 g/mol. The monoisotopic (exact) mass is 978 g/mol. The third-order valence-corrected chi connectivity index (χ3v) is 16.5. The molecule has 0 aromatic heterocycles. The van der Waals surface area contributed by atoms with Crippen molar-refractivity contribution in [1.29, 1.82) is 0 Å². The van der Waals surface area contributed by atoms with E-state index in [1.807, 2.05) is 127 Å². The number of carbonyl (C=O) groups is 2. The molecular formula is C65H58N2O3S2. The number of thioether (sulfide) groups is 2. The largest absolute Gasteiger partial charge is 0.464 e. The van der Waals surface area contributed by atoms with Crippen molar-refractivity contribution >= 4 is 35.4 Å². The van der Waals surface area contributed by atoms with E-state index in [0.717, 1.165) is 50.1 Å². The number of hydrogen-bond acceptors (Lipinski definition) is 6. The van der Waals surface area contributed by atoms with E-state index in [1.54, 1.807) is 30.4 Å². The molecule has 7 heteroatoms. The quantitative estimate of drug-likeness (QED) is 0.0552. The molecule has 9 rings (SSSR count). The number of hydrogen-bond donors (Lipinski definition) is 2. The first-order valence-corrected chi connectivity index (χ1v) is 26.5. The normalized spacial score (nSPS) is 12.6. The van der Waals surface area contributed by atoms with E-state index in [0.29, 0.717) is 0 Å². The van der Waals surface area contributed by atoms with Crippen molar-refractivity contribution in [1.82, 2.24) is 10.6 Å².